The molecule has 0 amide bonds. The van der Waals surface area contributed by atoms with Gasteiger partial charge in [0.2, 0.25) is 5.13 Å². The van der Waals surface area contributed by atoms with Crippen LogP contribution in [0, 0.1) is 13.8 Å². The van der Waals surface area contributed by atoms with Crippen molar-refractivity contribution in [3.63, 3.8) is 0 Å². The molecule has 7 nitrogen and oxygen atoms in total. The van der Waals surface area contributed by atoms with Crippen molar-refractivity contribution in [3.05, 3.63) is 52.2 Å². The van der Waals surface area contributed by atoms with Crippen molar-refractivity contribution in [3.8, 4) is 16.4 Å². The van der Waals surface area contributed by atoms with Gasteiger partial charge < -0.3 is 10.2 Å². The second kappa shape index (κ2) is 5.89. The fourth-order valence-electron chi connectivity index (χ4n) is 2.18. The molecule has 24 heavy (non-hydrogen) atoms. The smallest absolute Gasteiger partial charge is 0.355 e. The number of hydrogen-bond donors (Lipinski definition) is 2. The zero-order valence-corrected chi connectivity index (χ0v) is 13.7. The van der Waals surface area contributed by atoms with Gasteiger partial charge in [0, 0.05) is 10.9 Å². The van der Waals surface area contributed by atoms with Crippen LogP contribution in [0.4, 0.5) is 0 Å². The number of benzene rings is 1. The summed E-state index contributed by atoms with van der Waals surface area (Å²) >= 11 is 1.02. The van der Waals surface area contributed by atoms with Crippen LogP contribution in [-0.2, 0) is 0 Å². The third-order valence-corrected chi connectivity index (χ3v) is 4.44. The van der Waals surface area contributed by atoms with E-state index in [9.17, 15) is 14.7 Å². The van der Waals surface area contributed by atoms with Crippen LogP contribution in [0.25, 0.3) is 16.4 Å². The monoisotopic (exact) mass is 343 g/mol. The first-order chi connectivity index (χ1) is 11.4. The molecule has 0 bridgehead atoms. The normalized spacial score (nSPS) is 10.8. The first kappa shape index (κ1) is 15.9. The van der Waals surface area contributed by atoms with Crippen LogP contribution in [0.3, 0.4) is 0 Å². The highest BCUT2D eigenvalue weighted by Gasteiger charge is 2.20. The summed E-state index contributed by atoms with van der Waals surface area (Å²) in [5.74, 6) is -2.33. The van der Waals surface area contributed by atoms with Gasteiger partial charge in [-0.2, -0.15) is 9.78 Å². The number of aromatic carboxylic acids is 2. The third-order valence-electron chi connectivity index (χ3n) is 3.62. The van der Waals surface area contributed by atoms with Crippen molar-refractivity contribution in [1.29, 1.82) is 0 Å². The molecule has 0 spiro atoms. The molecular weight excluding hydrogens is 330 g/mol. The predicted molar refractivity (Wildman–Crippen MR) is 88.1 cm³/mol. The lowest BCUT2D eigenvalue weighted by molar-refractivity contribution is 0.0680. The Kier molecular flexibility index (Phi) is 3.90. The first-order valence-corrected chi connectivity index (χ1v) is 7.85. The number of aryl methyl sites for hydroxylation is 2. The van der Waals surface area contributed by atoms with Crippen LogP contribution in [0.2, 0.25) is 0 Å². The van der Waals surface area contributed by atoms with Gasteiger partial charge >= 0.3 is 11.9 Å². The van der Waals surface area contributed by atoms with E-state index in [2.05, 4.69) is 10.1 Å². The molecule has 0 aliphatic carbocycles. The number of nitrogens with zero attached hydrogens (tertiary/aromatic N) is 3. The maximum absolute atomic E-state index is 11.5. The minimum Gasteiger partial charge on any atom is -0.477 e. The van der Waals surface area contributed by atoms with Gasteiger partial charge in [0.05, 0.1) is 5.69 Å². The van der Waals surface area contributed by atoms with Gasteiger partial charge in [-0.15, -0.1) is 11.3 Å². The van der Waals surface area contributed by atoms with E-state index < -0.39 is 11.9 Å². The topological polar surface area (TPSA) is 105 Å². The number of carboxylic acid groups (broad SMARTS) is 2. The number of rotatable bonds is 4. The Hall–Kier alpha value is -3.00. The summed E-state index contributed by atoms with van der Waals surface area (Å²) in [6.07, 6.45) is 0. The molecule has 2 N–H and O–H groups in total. The van der Waals surface area contributed by atoms with Crippen LogP contribution in [0.1, 0.15) is 32.1 Å². The Labute approximate surface area is 140 Å². The van der Waals surface area contributed by atoms with E-state index in [4.69, 9.17) is 5.11 Å². The van der Waals surface area contributed by atoms with Gasteiger partial charge in [0.1, 0.15) is 0 Å². The molecule has 8 heteroatoms. The number of aromatic nitrogens is 3. The molecule has 122 valence electrons. The first-order valence-electron chi connectivity index (χ1n) is 6.97. The second-order valence-corrected chi connectivity index (χ2v) is 6.09. The average Bonchev–Trinajstić information content (AvgIpc) is 3.15. The molecule has 0 aliphatic rings. The molecule has 0 aliphatic heterocycles. The molecule has 3 aromatic rings. The van der Waals surface area contributed by atoms with Gasteiger partial charge in [-0.25, -0.2) is 14.6 Å². The van der Waals surface area contributed by atoms with Crippen LogP contribution < -0.4 is 0 Å². The van der Waals surface area contributed by atoms with E-state index in [0.29, 0.717) is 5.69 Å². The van der Waals surface area contributed by atoms with Crippen molar-refractivity contribution in [1.82, 2.24) is 14.8 Å². The Balaban J connectivity index is 2.12. The lowest BCUT2D eigenvalue weighted by Gasteiger charge is -2.02. The molecule has 0 atom stereocenters. The van der Waals surface area contributed by atoms with Gasteiger partial charge in [-0.3, -0.25) is 0 Å². The lowest BCUT2D eigenvalue weighted by Crippen LogP contribution is -2.08. The SMILES string of the molecule is Cc1ccc(-c2cc(C(=O)O)n(-c3nc(C(=O)O)cs3)n2)cc1C. The van der Waals surface area contributed by atoms with E-state index in [-0.39, 0.29) is 16.5 Å². The molecule has 0 saturated carbocycles. The summed E-state index contributed by atoms with van der Waals surface area (Å²) in [4.78, 5) is 26.4. The fourth-order valence-corrected chi connectivity index (χ4v) is 2.94. The summed E-state index contributed by atoms with van der Waals surface area (Å²) in [6.45, 7) is 3.96. The van der Waals surface area contributed by atoms with Crippen LogP contribution in [-0.4, -0.2) is 36.9 Å². The van der Waals surface area contributed by atoms with Gasteiger partial charge in [0.15, 0.2) is 11.4 Å². The predicted octanol–water partition coefficient (Wildman–Crippen LogP) is 3.01. The number of carbonyl (C=O) groups is 2. The summed E-state index contributed by atoms with van der Waals surface area (Å²) in [5, 5.41) is 24.2. The highest BCUT2D eigenvalue weighted by molar-refractivity contribution is 7.12. The molecule has 2 heterocycles. The summed E-state index contributed by atoms with van der Waals surface area (Å²) in [5.41, 5.74) is 3.25. The Morgan fingerprint density at radius 3 is 2.42 bits per heavy atom. The standard InChI is InChI=1S/C16H13N3O4S/c1-8-3-4-10(5-9(8)2)11-6-13(15(22)23)19(18-11)16-17-12(7-24-16)14(20)21/h3-7H,1-2H3,(H,20,21)(H,22,23). The maximum Gasteiger partial charge on any atom is 0.355 e. The van der Waals surface area contributed by atoms with Crippen molar-refractivity contribution < 1.29 is 19.8 Å². The van der Waals surface area contributed by atoms with Crippen molar-refractivity contribution in [2.24, 2.45) is 0 Å². The van der Waals surface area contributed by atoms with Crippen LogP contribution >= 0.6 is 11.3 Å². The zero-order chi connectivity index (χ0) is 17.4. The van der Waals surface area contributed by atoms with E-state index >= 15 is 0 Å². The quantitative estimate of drug-likeness (QED) is 0.754. The maximum atomic E-state index is 11.5. The molecule has 3 rings (SSSR count). The highest BCUT2D eigenvalue weighted by atomic mass is 32.1. The van der Waals surface area contributed by atoms with E-state index in [0.717, 1.165) is 32.7 Å². The van der Waals surface area contributed by atoms with Gasteiger partial charge in [0.25, 0.3) is 0 Å². The van der Waals surface area contributed by atoms with Crippen molar-refractivity contribution in [2.45, 2.75) is 13.8 Å². The largest absolute Gasteiger partial charge is 0.477 e. The lowest BCUT2D eigenvalue weighted by atomic mass is 10.0. The van der Waals surface area contributed by atoms with Crippen LogP contribution in [0.15, 0.2) is 29.6 Å². The molecular formula is C16H13N3O4S. The average molecular weight is 343 g/mol. The summed E-state index contributed by atoms with van der Waals surface area (Å²) in [7, 11) is 0. The fraction of sp³-hybridized carbons (Fsp3) is 0.125. The number of carboxylic acids is 2. The minimum absolute atomic E-state index is 0.0745. The third kappa shape index (κ3) is 2.79. The Bertz CT molecular complexity index is 958. The Morgan fingerprint density at radius 2 is 1.83 bits per heavy atom. The molecule has 0 radical (unpaired) electrons. The zero-order valence-electron chi connectivity index (χ0n) is 12.8. The highest BCUT2D eigenvalue weighted by Crippen LogP contribution is 2.25. The summed E-state index contributed by atoms with van der Waals surface area (Å²) < 4.78 is 1.16. The number of thiazole rings is 1. The summed E-state index contributed by atoms with van der Waals surface area (Å²) in [6, 6.07) is 7.19. The van der Waals surface area contributed by atoms with E-state index in [1.54, 1.807) is 0 Å². The number of hydrogen-bond acceptors (Lipinski definition) is 5. The van der Waals surface area contributed by atoms with Gasteiger partial charge in [-0.1, -0.05) is 12.1 Å². The van der Waals surface area contributed by atoms with Gasteiger partial charge in [-0.05, 0) is 37.1 Å². The van der Waals surface area contributed by atoms with E-state index in [1.165, 1.54) is 11.4 Å². The molecule has 0 unspecified atom stereocenters. The van der Waals surface area contributed by atoms with Crippen LogP contribution in [0.5, 0.6) is 0 Å². The van der Waals surface area contributed by atoms with Crippen molar-refractivity contribution >= 4 is 23.3 Å². The Morgan fingerprint density at radius 1 is 1.08 bits per heavy atom. The molecule has 1 aromatic carbocycles. The van der Waals surface area contributed by atoms with E-state index in [1.807, 2.05) is 32.0 Å². The second-order valence-electron chi connectivity index (χ2n) is 5.25. The molecule has 2 aromatic heterocycles. The minimum atomic E-state index is -1.17. The molecule has 0 saturated heterocycles. The van der Waals surface area contributed by atoms with Crippen molar-refractivity contribution in [2.75, 3.05) is 0 Å². The molecule has 0 fully saturated rings.